The van der Waals surface area contributed by atoms with Crippen LogP contribution in [-0.4, -0.2) is 17.2 Å². The first-order chi connectivity index (χ1) is 15.4. The number of benzene rings is 3. The molecule has 3 nitrogen and oxygen atoms in total. The van der Waals surface area contributed by atoms with Crippen molar-refractivity contribution in [3.63, 3.8) is 0 Å². The second kappa shape index (κ2) is 9.62. The summed E-state index contributed by atoms with van der Waals surface area (Å²) < 4.78 is 6.03. The fourth-order valence-corrected chi connectivity index (χ4v) is 5.50. The standard InChI is InChI=1S/C29H36O3/c1-4-29(3,18-20(2)21-13-15-24(30)16-14-21)28(31)32-19-27-25-11-7-5-9-22(25)17-23-10-6-8-12-26(23)27/h5-12,17,20-21,24,30H,4,13-16,18-19H2,1-3H3. The third-order valence-corrected chi connectivity index (χ3v) is 7.82. The van der Waals surface area contributed by atoms with Crippen molar-refractivity contribution in [1.82, 2.24) is 0 Å². The molecule has 3 aromatic carbocycles. The molecule has 4 rings (SSSR count). The molecule has 3 aromatic rings. The van der Waals surface area contributed by atoms with Gasteiger partial charge in [-0.15, -0.1) is 0 Å². The van der Waals surface area contributed by atoms with Gasteiger partial charge in [0.25, 0.3) is 0 Å². The topological polar surface area (TPSA) is 46.5 Å². The van der Waals surface area contributed by atoms with E-state index in [0.29, 0.717) is 18.4 Å². The third-order valence-electron chi connectivity index (χ3n) is 7.82. The Morgan fingerprint density at radius 3 is 2.16 bits per heavy atom. The van der Waals surface area contributed by atoms with E-state index in [4.69, 9.17) is 4.74 Å². The van der Waals surface area contributed by atoms with Crippen LogP contribution in [-0.2, 0) is 16.1 Å². The van der Waals surface area contributed by atoms with Crippen LogP contribution in [0.2, 0.25) is 0 Å². The maximum Gasteiger partial charge on any atom is 0.312 e. The van der Waals surface area contributed by atoms with E-state index in [1.165, 1.54) is 10.8 Å². The van der Waals surface area contributed by atoms with Crippen LogP contribution in [0, 0.1) is 17.3 Å². The molecule has 32 heavy (non-hydrogen) atoms. The lowest BCUT2D eigenvalue weighted by atomic mass is 9.71. The number of fused-ring (bicyclic) bond motifs is 2. The fraction of sp³-hybridized carbons (Fsp3) is 0.483. The molecule has 0 spiro atoms. The van der Waals surface area contributed by atoms with E-state index in [9.17, 15) is 9.90 Å². The second-order valence-electron chi connectivity index (χ2n) is 10.0. The Labute approximate surface area is 191 Å². The highest BCUT2D eigenvalue weighted by Crippen LogP contribution is 2.39. The van der Waals surface area contributed by atoms with Gasteiger partial charge in [-0.05, 0) is 84.9 Å². The van der Waals surface area contributed by atoms with Crippen molar-refractivity contribution in [2.75, 3.05) is 0 Å². The molecule has 1 fully saturated rings. The van der Waals surface area contributed by atoms with Crippen LogP contribution in [0.3, 0.4) is 0 Å². The molecule has 0 radical (unpaired) electrons. The van der Waals surface area contributed by atoms with Crippen molar-refractivity contribution in [3.8, 4) is 0 Å². The van der Waals surface area contributed by atoms with Crippen LogP contribution in [0.15, 0.2) is 54.6 Å². The van der Waals surface area contributed by atoms with Crippen molar-refractivity contribution in [3.05, 3.63) is 60.2 Å². The highest BCUT2D eigenvalue weighted by atomic mass is 16.5. The molecular weight excluding hydrogens is 396 g/mol. The molecule has 0 aromatic heterocycles. The van der Waals surface area contributed by atoms with E-state index in [1.807, 2.05) is 24.3 Å². The average molecular weight is 433 g/mol. The van der Waals surface area contributed by atoms with Gasteiger partial charge in [-0.1, -0.05) is 62.4 Å². The zero-order chi connectivity index (χ0) is 22.7. The minimum absolute atomic E-state index is 0.0975. The van der Waals surface area contributed by atoms with Crippen molar-refractivity contribution >= 4 is 27.5 Å². The van der Waals surface area contributed by atoms with Crippen LogP contribution in [0.25, 0.3) is 21.5 Å². The second-order valence-corrected chi connectivity index (χ2v) is 10.0. The summed E-state index contributed by atoms with van der Waals surface area (Å²) in [5.41, 5.74) is 0.593. The highest BCUT2D eigenvalue weighted by molar-refractivity contribution is 6.02. The normalized spacial score (nSPS) is 21.9. The fourth-order valence-electron chi connectivity index (χ4n) is 5.50. The zero-order valence-corrected chi connectivity index (χ0v) is 19.6. The van der Waals surface area contributed by atoms with Gasteiger partial charge in [0, 0.05) is 5.56 Å². The molecule has 170 valence electrons. The van der Waals surface area contributed by atoms with Crippen molar-refractivity contribution in [1.29, 1.82) is 0 Å². The minimum Gasteiger partial charge on any atom is -0.460 e. The molecule has 1 N–H and O–H groups in total. The summed E-state index contributed by atoms with van der Waals surface area (Å²) in [6.07, 6.45) is 5.34. The highest BCUT2D eigenvalue weighted by Gasteiger charge is 2.37. The first-order valence-electron chi connectivity index (χ1n) is 12.2. The Kier molecular flexibility index (Phi) is 6.85. The van der Waals surface area contributed by atoms with E-state index >= 15 is 0 Å². The van der Waals surface area contributed by atoms with Gasteiger partial charge in [0.05, 0.1) is 11.5 Å². The molecule has 1 aliphatic carbocycles. The van der Waals surface area contributed by atoms with Gasteiger partial charge >= 0.3 is 5.97 Å². The Morgan fingerprint density at radius 2 is 1.59 bits per heavy atom. The number of hydrogen-bond acceptors (Lipinski definition) is 3. The van der Waals surface area contributed by atoms with E-state index in [1.54, 1.807) is 0 Å². The molecule has 0 aliphatic heterocycles. The number of carbonyl (C=O) groups is 1. The summed E-state index contributed by atoms with van der Waals surface area (Å²) in [6, 6.07) is 18.8. The Balaban J connectivity index is 1.52. The Bertz CT molecular complexity index is 1030. The van der Waals surface area contributed by atoms with E-state index in [-0.39, 0.29) is 12.1 Å². The van der Waals surface area contributed by atoms with E-state index in [2.05, 4.69) is 51.1 Å². The van der Waals surface area contributed by atoms with Gasteiger partial charge in [0.1, 0.15) is 6.61 Å². The number of aliphatic hydroxyl groups is 1. The van der Waals surface area contributed by atoms with Crippen LogP contribution < -0.4 is 0 Å². The maximum atomic E-state index is 13.3. The average Bonchev–Trinajstić information content (AvgIpc) is 2.81. The lowest BCUT2D eigenvalue weighted by Crippen LogP contribution is -2.34. The molecule has 0 amide bonds. The third kappa shape index (κ3) is 4.68. The summed E-state index contributed by atoms with van der Waals surface area (Å²) in [6.45, 7) is 6.71. The summed E-state index contributed by atoms with van der Waals surface area (Å²) in [5.74, 6) is 0.928. The van der Waals surface area contributed by atoms with Crippen molar-refractivity contribution in [2.45, 2.75) is 72.0 Å². The number of carbonyl (C=O) groups excluding carboxylic acids is 1. The Hall–Kier alpha value is -2.39. The molecule has 2 unspecified atom stereocenters. The smallest absolute Gasteiger partial charge is 0.312 e. The summed E-state index contributed by atoms with van der Waals surface area (Å²) in [7, 11) is 0. The molecule has 0 bridgehead atoms. The zero-order valence-electron chi connectivity index (χ0n) is 19.6. The molecule has 1 aliphatic rings. The first kappa shape index (κ1) is 22.8. The number of aliphatic hydroxyl groups excluding tert-OH is 1. The molecule has 0 saturated heterocycles. The molecule has 2 atom stereocenters. The number of ether oxygens (including phenoxy) is 1. The molecule has 1 saturated carbocycles. The first-order valence-corrected chi connectivity index (χ1v) is 12.2. The number of esters is 1. The van der Waals surface area contributed by atoms with Crippen LogP contribution in [0.4, 0.5) is 0 Å². The van der Waals surface area contributed by atoms with Crippen LogP contribution >= 0.6 is 0 Å². The van der Waals surface area contributed by atoms with Crippen LogP contribution in [0.1, 0.15) is 64.9 Å². The maximum absolute atomic E-state index is 13.3. The SMILES string of the molecule is CCC(C)(CC(C)C1CCC(O)CC1)C(=O)OCc1c2ccccc2cc2ccccc12. The number of rotatable bonds is 7. The summed E-state index contributed by atoms with van der Waals surface area (Å²) >= 11 is 0. The van der Waals surface area contributed by atoms with Gasteiger partial charge in [-0.25, -0.2) is 0 Å². The monoisotopic (exact) mass is 432 g/mol. The van der Waals surface area contributed by atoms with E-state index in [0.717, 1.165) is 54.9 Å². The lowest BCUT2D eigenvalue weighted by Gasteiger charge is -2.35. The molecule has 0 heterocycles. The predicted molar refractivity (Wildman–Crippen MR) is 131 cm³/mol. The minimum atomic E-state index is -0.490. The summed E-state index contributed by atoms with van der Waals surface area (Å²) in [4.78, 5) is 13.3. The van der Waals surface area contributed by atoms with Gasteiger partial charge in [-0.3, -0.25) is 4.79 Å². The van der Waals surface area contributed by atoms with Crippen LogP contribution in [0.5, 0.6) is 0 Å². The van der Waals surface area contributed by atoms with Gasteiger partial charge in [-0.2, -0.15) is 0 Å². The quantitative estimate of drug-likeness (QED) is 0.322. The van der Waals surface area contributed by atoms with Crippen molar-refractivity contribution in [2.24, 2.45) is 17.3 Å². The van der Waals surface area contributed by atoms with Gasteiger partial charge in [0.2, 0.25) is 0 Å². The van der Waals surface area contributed by atoms with Crippen molar-refractivity contribution < 1.29 is 14.6 Å². The number of hydrogen-bond donors (Lipinski definition) is 1. The van der Waals surface area contributed by atoms with Gasteiger partial charge in [0.15, 0.2) is 0 Å². The largest absolute Gasteiger partial charge is 0.460 e. The lowest BCUT2D eigenvalue weighted by molar-refractivity contribution is -0.158. The molecular formula is C29H36O3. The summed E-state index contributed by atoms with van der Waals surface area (Å²) in [5, 5.41) is 14.5. The van der Waals surface area contributed by atoms with Gasteiger partial charge < -0.3 is 9.84 Å². The van der Waals surface area contributed by atoms with E-state index < -0.39 is 5.41 Å². The predicted octanol–water partition coefficient (Wildman–Crippen LogP) is 7.03. The molecule has 3 heteroatoms. The Morgan fingerprint density at radius 1 is 1.03 bits per heavy atom.